The van der Waals surface area contributed by atoms with Crippen molar-refractivity contribution in [3.63, 3.8) is 0 Å². The summed E-state index contributed by atoms with van der Waals surface area (Å²) in [6.45, 7) is 6.05. The first-order chi connectivity index (χ1) is 16.6. The van der Waals surface area contributed by atoms with Crippen molar-refractivity contribution in [2.45, 2.75) is 65.3 Å². The molecule has 0 aliphatic carbocycles. The van der Waals surface area contributed by atoms with Crippen LogP contribution in [-0.4, -0.2) is 69.7 Å². The van der Waals surface area contributed by atoms with Crippen molar-refractivity contribution < 1.29 is 42.9 Å². The van der Waals surface area contributed by atoms with Crippen LogP contribution in [0.2, 0.25) is 0 Å². The number of hydrogen-bond donors (Lipinski definition) is 0. The Morgan fingerprint density at radius 2 is 1.57 bits per heavy atom. The van der Waals surface area contributed by atoms with Crippen LogP contribution in [-0.2, 0) is 42.9 Å². The van der Waals surface area contributed by atoms with Gasteiger partial charge in [0.05, 0.1) is 0 Å². The third kappa shape index (κ3) is 6.41. The quantitative estimate of drug-likeness (QED) is 0.393. The number of carbonyl (C=O) groups is 4. The molecule has 0 saturated carbocycles. The van der Waals surface area contributed by atoms with E-state index in [1.54, 1.807) is 6.92 Å². The molecule has 12 nitrogen and oxygen atoms in total. The Morgan fingerprint density at radius 3 is 2.14 bits per heavy atom. The zero-order valence-corrected chi connectivity index (χ0v) is 20.0. The van der Waals surface area contributed by atoms with Gasteiger partial charge in [0, 0.05) is 33.3 Å². The maximum absolute atomic E-state index is 12.0. The van der Waals surface area contributed by atoms with Crippen LogP contribution in [0.15, 0.2) is 30.3 Å². The van der Waals surface area contributed by atoms with Crippen LogP contribution in [0.4, 0.5) is 0 Å². The summed E-state index contributed by atoms with van der Waals surface area (Å²) in [6, 6.07) is 9.20. The van der Waals surface area contributed by atoms with E-state index in [0.717, 1.165) is 5.56 Å². The van der Waals surface area contributed by atoms with Crippen LogP contribution >= 0.6 is 0 Å². The van der Waals surface area contributed by atoms with Crippen molar-refractivity contribution in [2.24, 2.45) is 0 Å². The number of rotatable bonds is 8. The summed E-state index contributed by atoms with van der Waals surface area (Å²) in [5.74, 6) is -1.81. The Kier molecular flexibility index (Phi) is 8.18. The summed E-state index contributed by atoms with van der Waals surface area (Å²) in [5.41, 5.74) is 0.747. The summed E-state index contributed by atoms with van der Waals surface area (Å²) in [5, 5.41) is 4.52. The average molecular weight is 489 g/mol. The zero-order chi connectivity index (χ0) is 25.7. The van der Waals surface area contributed by atoms with Gasteiger partial charge in [0.25, 0.3) is 0 Å². The fourth-order valence-corrected chi connectivity index (χ4v) is 3.76. The largest absolute Gasteiger partial charge is 0.462 e. The fraction of sp³-hybridized carbons (Fsp3) is 0.478. The lowest BCUT2D eigenvalue weighted by Crippen LogP contribution is -2.46. The number of carbonyl (C=O) groups excluding carboxylic acids is 4. The maximum Gasteiger partial charge on any atom is 0.303 e. The van der Waals surface area contributed by atoms with E-state index in [-0.39, 0.29) is 6.61 Å². The fourth-order valence-electron chi connectivity index (χ4n) is 3.76. The van der Waals surface area contributed by atoms with E-state index in [4.69, 9.17) is 23.7 Å². The molecule has 0 unspecified atom stereocenters. The highest BCUT2D eigenvalue weighted by atomic mass is 16.7. The lowest BCUT2D eigenvalue weighted by molar-refractivity contribution is -0.177. The Hall–Kier alpha value is -3.80. The van der Waals surface area contributed by atoms with Gasteiger partial charge in [-0.3, -0.25) is 19.2 Å². The highest BCUT2D eigenvalue weighted by molar-refractivity contribution is 5.68. The van der Waals surface area contributed by atoms with Crippen molar-refractivity contribution in [1.82, 2.24) is 14.8 Å². The number of nitrogens with zero attached hydrogens (tertiary/aromatic N) is 3. The third-order valence-electron chi connectivity index (χ3n) is 5.04. The molecule has 1 aromatic heterocycles. The van der Waals surface area contributed by atoms with Gasteiger partial charge in [0.2, 0.25) is 0 Å². The molecular formula is C23H27N3O9. The molecule has 5 atom stereocenters. The van der Waals surface area contributed by atoms with Crippen molar-refractivity contribution in [1.29, 1.82) is 0 Å². The smallest absolute Gasteiger partial charge is 0.303 e. The van der Waals surface area contributed by atoms with Gasteiger partial charge < -0.3 is 23.7 Å². The van der Waals surface area contributed by atoms with Gasteiger partial charge in [-0.15, -0.1) is 5.10 Å². The van der Waals surface area contributed by atoms with Crippen molar-refractivity contribution in [3.05, 3.63) is 36.2 Å². The number of esters is 4. The zero-order valence-electron chi connectivity index (χ0n) is 20.0. The standard InChI is InChI=1S/C23H27N3O9/c1-12-24-22(17-9-7-6-8-10-17)25-26(12)23-21(34-16(5)30)20(33-15(4)29)19(35-23)18(32-14(3)28)11-31-13(2)27/h6-10,18-21,23H,11H2,1-5H3/t18-,19-,20-,21+,23-/m0/s1. The van der Waals surface area contributed by atoms with Crippen LogP contribution < -0.4 is 0 Å². The second-order valence-electron chi connectivity index (χ2n) is 7.88. The Bertz CT molecular complexity index is 1090. The van der Waals surface area contributed by atoms with E-state index in [1.165, 1.54) is 32.4 Å². The van der Waals surface area contributed by atoms with Crippen LogP contribution in [0.3, 0.4) is 0 Å². The molecule has 0 spiro atoms. The topological polar surface area (TPSA) is 145 Å². The van der Waals surface area contributed by atoms with Gasteiger partial charge >= 0.3 is 23.9 Å². The van der Waals surface area contributed by atoms with Crippen LogP contribution in [0.5, 0.6) is 0 Å². The van der Waals surface area contributed by atoms with Gasteiger partial charge in [-0.1, -0.05) is 30.3 Å². The molecule has 0 N–H and O–H groups in total. The van der Waals surface area contributed by atoms with Crippen molar-refractivity contribution in [3.8, 4) is 11.4 Å². The monoisotopic (exact) mass is 489 g/mol. The highest BCUT2D eigenvalue weighted by Gasteiger charge is 2.54. The lowest BCUT2D eigenvalue weighted by atomic mass is 10.0. The SMILES string of the molecule is CC(=O)OC[C@H](OC(C)=O)[C@@H]1O[C@H](n2nc(-c3ccccc3)nc2C)[C@H](OC(C)=O)[C@H]1OC(C)=O. The molecule has 12 heteroatoms. The normalized spacial score (nSPS) is 22.2. The molecule has 188 valence electrons. The molecule has 0 amide bonds. The molecule has 2 heterocycles. The predicted molar refractivity (Wildman–Crippen MR) is 117 cm³/mol. The second-order valence-corrected chi connectivity index (χ2v) is 7.88. The minimum Gasteiger partial charge on any atom is -0.462 e. The molecule has 35 heavy (non-hydrogen) atoms. The summed E-state index contributed by atoms with van der Waals surface area (Å²) in [7, 11) is 0. The molecule has 1 saturated heterocycles. The molecule has 1 fully saturated rings. The number of benzene rings is 1. The number of ether oxygens (including phenoxy) is 5. The maximum atomic E-state index is 12.0. The van der Waals surface area contributed by atoms with E-state index >= 15 is 0 Å². The molecule has 0 radical (unpaired) electrons. The first-order valence-electron chi connectivity index (χ1n) is 10.9. The molecule has 3 rings (SSSR count). The first-order valence-corrected chi connectivity index (χ1v) is 10.9. The molecule has 1 aliphatic heterocycles. The van der Waals surface area contributed by atoms with E-state index in [9.17, 15) is 19.2 Å². The van der Waals surface area contributed by atoms with Crippen molar-refractivity contribution in [2.75, 3.05) is 6.61 Å². The highest BCUT2D eigenvalue weighted by Crippen LogP contribution is 2.37. The van der Waals surface area contributed by atoms with E-state index in [1.807, 2.05) is 30.3 Å². The van der Waals surface area contributed by atoms with Crippen molar-refractivity contribution >= 4 is 23.9 Å². The van der Waals surface area contributed by atoms with Gasteiger partial charge in [-0.2, -0.15) is 0 Å². The molecule has 0 bridgehead atoms. The third-order valence-corrected chi connectivity index (χ3v) is 5.04. The molecule has 2 aromatic rings. The number of hydrogen-bond acceptors (Lipinski definition) is 11. The van der Waals surface area contributed by atoms with Crippen LogP contribution in [0.1, 0.15) is 39.7 Å². The average Bonchev–Trinajstić information content (AvgIpc) is 3.31. The Labute approximate surface area is 201 Å². The van der Waals surface area contributed by atoms with E-state index < -0.39 is 54.5 Å². The minimum absolute atomic E-state index is 0.373. The van der Waals surface area contributed by atoms with Crippen LogP contribution in [0.25, 0.3) is 11.4 Å². The summed E-state index contributed by atoms with van der Waals surface area (Å²) >= 11 is 0. The van der Waals surface area contributed by atoms with Gasteiger partial charge in [0.15, 0.2) is 30.4 Å². The lowest BCUT2D eigenvalue weighted by Gasteiger charge is -2.27. The summed E-state index contributed by atoms with van der Waals surface area (Å²) in [4.78, 5) is 51.6. The van der Waals surface area contributed by atoms with E-state index in [2.05, 4.69) is 10.1 Å². The first kappa shape index (κ1) is 25.8. The van der Waals surface area contributed by atoms with Crippen LogP contribution in [0, 0.1) is 6.92 Å². The molecule has 1 aromatic carbocycles. The molecular weight excluding hydrogens is 462 g/mol. The summed E-state index contributed by atoms with van der Waals surface area (Å²) < 4.78 is 28.8. The van der Waals surface area contributed by atoms with E-state index in [0.29, 0.717) is 11.6 Å². The number of aryl methyl sites for hydroxylation is 1. The van der Waals surface area contributed by atoms with Gasteiger partial charge in [-0.25, -0.2) is 9.67 Å². The minimum atomic E-state index is -1.20. The molecule has 1 aliphatic rings. The second kappa shape index (κ2) is 11.1. The number of aromatic nitrogens is 3. The van der Waals surface area contributed by atoms with Gasteiger partial charge in [-0.05, 0) is 6.92 Å². The summed E-state index contributed by atoms with van der Waals surface area (Å²) in [6.07, 6.45) is -5.78. The van der Waals surface area contributed by atoms with Gasteiger partial charge in [0.1, 0.15) is 18.5 Å². The predicted octanol–water partition coefficient (Wildman–Crippen LogP) is 1.51. The Balaban J connectivity index is 2.04. The Morgan fingerprint density at radius 1 is 0.943 bits per heavy atom.